The molecule has 28 heavy (non-hydrogen) atoms. The van der Waals surface area contributed by atoms with Crippen LogP contribution in [0.3, 0.4) is 0 Å². The molecular formula is C25H24O3. The second kappa shape index (κ2) is 6.30. The summed E-state index contributed by atoms with van der Waals surface area (Å²) in [6.45, 7) is 0. The van der Waals surface area contributed by atoms with E-state index in [9.17, 15) is 10.2 Å². The van der Waals surface area contributed by atoms with Crippen molar-refractivity contribution >= 4 is 0 Å². The van der Waals surface area contributed by atoms with Gasteiger partial charge in [-0.1, -0.05) is 24.3 Å². The predicted octanol–water partition coefficient (Wildman–Crippen LogP) is 4.77. The summed E-state index contributed by atoms with van der Waals surface area (Å²) < 4.78 is 5.30. The maximum Gasteiger partial charge on any atom is 0.118 e. The van der Waals surface area contributed by atoms with Gasteiger partial charge in [0, 0.05) is 0 Å². The zero-order valence-electron chi connectivity index (χ0n) is 16.0. The molecule has 0 unspecified atom stereocenters. The van der Waals surface area contributed by atoms with E-state index in [1.165, 1.54) is 27.8 Å². The number of rotatable bonds is 3. The fraction of sp³-hybridized carbons (Fsp3) is 0.280. The summed E-state index contributed by atoms with van der Waals surface area (Å²) in [5.41, 5.74) is 6.60. The molecule has 1 spiro atoms. The number of methoxy groups -OCH3 is 1. The Labute approximate surface area is 165 Å². The van der Waals surface area contributed by atoms with Crippen LogP contribution in [0.1, 0.15) is 33.7 Å². The first kappa shape index (κ1) is 17.2. The molecule has 2 aliphatic rings. The first-order valence-electron chi connectivity index (χ1n) is 9.82. The van der Waals surface area contributed by atoms with Gasteiger partial charge in [-0.3, -0.25) is 0 Å². The van der Waals surface area contributed by atoms with E-state index in [4.69, 9.17) is 4.74 Å². The van der Waals surface area contributed by atoms with Crippen LogP contribution in [0.5, 0.6) is 17.2 Å². The average Bonchev–Trinajstić information content (AvgIpc) is 3.19. The second-order valence-electron chi connectivity index (χ2n) is 8.33. The van der Waals surface area contributed by atoms with Crippen LogP contribution in [-0.2, 0) is 25.7 Å². The number of fused-ring (bicyclic) bond motifs is 2. The molecule has 142 valence electrons. The molecule has 0 radical (unpaired) electrons. The fourth-order valence-electron chi connectivity index (χ4n) is 5.37. The third-order valence-corrected chi connectivity index (χ3v) is 6.66. The second-order valence-corrected chi connectivity index (χ2v) is 8.33. The topological polar surface area (TPSA) is 49.7 Å². The Balaban J connectivity index is 1.55. The van der Waals surface area contributed by atoms with Crippen molar-refractivity contribution < 1.29 is 14.9 Å². The van der Waals surface area contributed by atoms with Crippen molar-refractivity contribution in [2.75, 3.05) is 7.11 Å². The Kier molecular flexibility index (Phi) is 3.87. The molecule has 5 rings (SSSR count). The zero-order chi connectivity index (χ0) is 19.3. The molecule has 3 nitrogen and oxygen atoms in total. The maximum absolute atomic E-state index is 10.1. The number of benzene rings is 3. The molecule has 0 saturated carbocycles. The number of phenolic OH excluding ortho intramolecular Hbond substituents is 2. The number of ether oxygens (including phenoxy) is 1. The monoisotopic (exact) mass is 372 g/mol. The van der Waals surface area contributed by atoms with E-state index in [0.717, 1.165) is 31.4 Å². The molecule has 0 fully saturated rings. The van der Waals surface area contributed by atoms with Gasteiger partial charge in [0.2, 0.25) is 0 Å². The highest BCUT2D eigenvalue weighted by Gasteiger charge is 2.49. The highest BCUT2D eigenvalue weighted by Crippen LogP contribution is 2.56. The molecule has 0 amide bonds. The smallest absolute Gasteiger partial charge is 0.118 e. The lowest BCUT2D eigenvalue weighted by atomic mass is 9.71. The molecule has 0 saturated heterocycles. The quantitative estimate of drug-likeness (QED) is 0.696. The van der Waals surface area contributed by atoms with Crippen molar-refractivity contribution in [3.05, 3.63) is 88.5 Å². The third kappa shape index (κ3) is 2.73. The van der Waals surface area contributed by atoms with Crippen molar-refractivity contribution in [2.24, 2.45) is 5.41 Å². The fourth-order valence-corrected chi connectivity index (χ4v) is 5.37. The van der Waals surface area contributed by atoms with E-state index in [2.05, 4.69) is 24.3 Å². The number of aromatic hydroxyl groups is 2. The van der Waals surface area contributed by atoms with E-state index in [0.29, 0.717) is 17.4 Å². The molecule has 3 aromatic rings. The van der Waals surface area contributed by atoms with Crippen LogP contribution in [-0.4, -0.2) is 17.3 Å². The standard InChI is InChI=1S/C25H24O3/c1-28-22-8-2-16(3-9-22)10-24-23-12-21(27)7-5-18(23)14-25(24)13-17-4-6-20(26)11-19(17)15-25/h2-9,11-12,24,26-27H,10,13-15H2,1H3/t24-,25-/m1/s1. The molecule has 0 bridgehead atoms. The van der Waals surface area contributed by atoms with Crippen molar-refractivity contribution in [2.45, 2.75) is 31.6 Å². The Bertz CT molecular complexity index is 1030. The van der Waals surface area contributed by atoms with Gasteiger partial charge in [-0.25, -0.2) is 0 Å². The predicted molar refractivity (Wildman–Crippen MR) is 109 cm³/mol. The van der Waals surface area contributed by atoms with E-state index in [1.807, 2.05) is 24.3 Å². The van der Waals surface area contributed by atoms with Gasteiger partial charge in [0.25, 0.3) is 0 Å². The molecule has 2 aliphatic carbocycles. The van der Waals surface area contributed by atoms with E-state index in [-0.39, 0.29) is 5.41 Å². The summed E-state index contributed by atoms with van der Waals surface area (Å²) in [7, 11) is 1.69. The average molecular weight is 372 g/mol. The van der Waals surface area contributed by atoms with Crippen molar-refractivity contribution in [3.8, 4) is 17.2 Å². The zero-order valence-corrected chi connectivity index (χ0v) is 16.0. The van der Waals surface area contributed by atoms with Gasteiger partial charge in [0.1, 0.15) is 17.2 Å². The van der Waals surface area contributed by atoms with Crippen molar-refractivity contribution in [1.29, 1.82) is 0 Å². The minimum atomic E-state index is 0.103. The molecule has 3 aromatic carbocycles. The van der Waals surface area contributed by atoms with E-state index >= 15 is 0 Å². The summed E-state index contributed by atoms with van der Waals surface area (Å²) >= 11 is 0. The molecular weight excluding hydrogens is 348 g/mol. The summed E-state index contributed by atoms with van der Waals surface area (Å²) in [5.74, 6) is 1.88. The van der Waals surface area contributed by atoms with Gasteiger partial charge in [0.15, 0.2) is 0 Å². The number of hydrogen-bond acceptors (Lipinski definition) is 3. The summed E-state index contributed by atoms with van der Waals surface area (Å²) in [5, 5.41) is 20.1. The van der Waals surface area contributed by atoms with Crippen LogP contribution in [0.25, 0.3) is 0 Å². The van der Waals surface area contributed by atoms with Crippen LogP contribution in [0.2, 0.25) is 0 Å². The maximum atomic E-state index is 10.1. The Morgan fingerprint density at radius 1 is 0.821 bits per heavy atom. The van der Waals surface area contributed by atoms with Gasteiger partial charge >= 0.3 is 0 Å². The van der Waals surface area contributed by atoms with Crippen LogP contribution in [0.4, 0.5) is 0 Å². The Morgan fingerprint density at radius 3 is 2.21 bits per heavy atom. The Hall–Kier alpha value is -2.94. The lowest BCUT2D eigenvalue weighted by Gasteiger charge is -2.32. The summed E-state index contributed by atoms with van der Waals surface area (Å²) in [4.78, 5) is 0. The SMILES string of the molecule is COc1ccc(C[C@@H]2c3cc(O)ccc3C[C@@]23Cc2ccc(O)cc2C3)cc1. The first-order chi connectivity index (χ1) is 13.6. The summed E-state index contributed by atoms with van der Waals surface area (Å²) in [6, 6.07) is 19.9. The molecule has 2 atom stereocenters. The lowest BCUT2D eigenvalue weighted by molar-refractivity contribution is 0.257. The van der Waals surface area contributed by atoms with Gasteiger partial charge in [0.05, 0.1) is 7.11 Å². The minimum absolute atomic E-state index is 0.103. The van der Waals surface area contributed by atoms with E-state index in [1.54, 1.807) is 19.2 Å². The normalized spacial score (nSPS) is 22.2. The van der Waals surface area contributed by atoms with E-state index < -0.39 is 0 Å². The largest absolute Gasteiger partial charge is 0.508 e. The van der Waals surface area contributed by atoms with Gasteiger partial charge in [-0.2, -0.15) is 0 Å². The van der Waals surface area contributed by atoms with Crippen LogP contribution >= 0.6 is 0 Å². The molecule has 0 heterocycles. The van der Waals surface area contributed by atoms with Gasteiger partial charge in [-0.15, -0.1) is 0 Å². The van der Waals surface area contributed by atoms with Gasteiger partial charge in [-0.05, 0) is 101 Å². The van der Waals surface area contributed by atoms with Crippen LogP contribution < -0.4 is 4.74 Å². The highest BCUT2D eigenvalue weighted by atomic mass is 16.5. The number of hydrogen-bond donors (Lipinski definition) is 2. The molecule has 3 heteroatoms. The molecule has 2 N–H and O–H groups in total. The number of phenols is 2. The van der Waals surface area contributed by atoms with Crippen molar-refractivity contribution in [1.82, 2.24) is 0 Å². The first-order valence-corrected chi connectivity index (χ1v) is 9.82. The minimum Gasteiger partial charge on any atom is -0.508 e. The van der Waals surface area contributed by atoms with Crippen LogP contribution in [0.15, 0.2) is 60.7 Å². The van der Waals surface area contributed by atoms with Crippen molar-refractivity contribution in [3.63, 3.8) is 0 Å². The molecule has 0 aromatic heterocycles. The lowest BCUT2D eigenvalue weighted by Crippen LogP contribution is -2.28. The third-order valence-electron chi connectivity index (χ3n) is 6.66. The summed E-state index contributed by atoms with van der Waals surface area (Å²) in [6.07, 6.45) is 3.92. The van der Waals surface area contributed by atoms with Crippen LogP contribution in [0, 0.1) is 5.41 Å². The molecule has 0 aliphatic heterocycles. The highest BCUT2D eigenvalue weighted by molar-refractivity contribution is 5.49. The van der Waals surface area contributed by atoms with Gasteiger partial charge < -0.3 is 14.9 Å². The Morgan fingerprint density at radius 2 is 1.46 bits per heavy atom.